The zero-order valence-electron chi connectivity index (χ0n) is 12.0. The Morgan fingerprint density at radius 1 is 1.18 bits per heavy atom. The predicted octanol–water partition coefficient (Wildman–Crippen LogP) is 3.61. The number of rotatable bonds is 7. The van der Waals surface area contributed by atoms with Crippen LogP contribution in [0.4, 0.5) is 0 Å². The van der Waals surface area contributed by atoms with E-state index in [4.69, 9.17) is 4.74 Å². The SMILES string of the molecule is CCOCCCNC1CCCC(C(C)C)CC1. The van der Waals surface area contributed by atoms with Gasteiger partial charge in [0, 0.05) is 19.3 Å². The van der Waals surface area contributed by atoms with Crippen LogP contribution in [0.3, 0.4) is 0 Å². The zero-order valence-corrected chi connectivity index (χ0v) is 12.0. The Labute approximate surface area is 108 Å². The highest BCUT2D eigenvalue weighted by Gasteiger charge is 2.20. The minimum atomic E-state index is 0.764. The van der Waals surface area contributed by atoms with Crippen molar-refractivity contribution in [2.24, 2.45) is 11.8 Å². The fourth-order valence-corrected chi connectivity index (χ4v) is 2.83. The van der Waals surface area contributed by atoms with Gasteiger partial charge in [0.15, 0.2) is 0 Å². The molecule has 0 heterocycles. The molecule has 0 radical (unpaired) electrons. The standard InChI is InChI=1S/C15H31NO/c1-4-17-12-6-11-16-15-8-5-7-14(9-10-15)13(2)3/h13-16H,4-12H2,1-3H3. The van der Waals surface area contributed by atoms with E-state index in [-0.39, 0.29) is 0 Å². The van der Waals surface area contributed by atoms with E-state index in [0.717, 1.165) is 44.1 Å². The Morgan fingerprint density at radius 3 is 2.71 bits per heavy atom. The molecule has 0 aliphatic heterocycles. The first kappa shape index (κ1) is 15.0. The second kappa shape index (κ2) is 8.93. The minimum absolute atomic E-state index is 0.764. The van der Waals surface area contributed by atoms with Crippen molar-refractivity contribution in [1.29, 1.82) is 0 Å². The number of nitrogens with one attached hydrogen (secondary N) is 1. The van der Waals surface area contributed by atoms with Crippen LogP contribution in [0.5, 0.6) is 0 Å². The Hall–Kier alpha value is -0.0800. The third-order valence-electron chi connectivity index (χ3n) is 4.06. The Bertz CT molecular complexity index is 182. The summed E-state index contributed by atoms with van der Waals surface area (Å²) < 4.78 is 5.36. The van der Waals surface area contributed by atoms with Gasteiger partial charge in [0.1, 0.15) is 0 Å². The van der Waals surface area contributed by atoms with Gasteiger partial charge in [-0.2, -0.15) is 0 Å². The molecular weight excluding hydrogens is 210 g/mol. The third-order valence-corrected chi connectivity index (χ3v) is 4.06. The second-order valence-corrected chi connectivity index (χ2v) is 5.71. The predicted molar refractivity (Wildman–Crippen MR) is 74.3 cm³/mol. The highest BCUT2D eigenvalue weighted by atomic mass is 16.5. The summed E-state index contributed by atoms with van der Waals surface area (Å²) in [5, 5.41) is 3.70. The molecule has 2 atom stereocenters. The third kappa shape index (κ3) is 6.42. The number of ether oxygens (including phenoxy) is 1. The Kier molecular flexibility index (Phi) is 7.87. The molecule has 0 saturated heterocycles. The summed E-state index contributed by atoms with van der Waals surface area (Å²) in [6, 6.07) is 0.764. The summed E-state index contributed by atoms with van der Waals surface area (Å²) in [6.07, 6.45) is 8.16. The smallest absolute Gasteiger partial charge is 0.0477 e. The topological polar surface area (TPSA) is 21.3 Å². The summed E-state index contributed by atoms with van der Waals surface area (Å²) in [5.41, 5.74) is 0. The van der Waals surface area contributed by atoms with Crippen molar-refractivity contribution in [2.45, 2.75) is 65.3 Å². The van der Waals surface area contributed by atoms with Crippen molar-refractivity contribution in [3.05, 3.63) is 0 Å². The lowest BCUT2D eigenvalue weighted by molar-refractivity contribution is 0.144. The van der Waals surface area contributed by atoms with E-state index >= 15 is 0 Å². The number of hydrogen-bond donors (Lipinski definition) is 1. The van der Waals surface area contributed by atoms with Crippen LogP contribution >= 0.6 is 0 Å². The first-order valence-electron chi connectivity index (χ1n) is 7.55. The van der Waals surface area contributed by atoms with Crippen LogP contribution < -0.4 is 5.32 Å². The van der Waals surface area contributed by atoms with Gasteiger partial charge in [-0.15, -0.1) is 0 Å². The normalized spacial score (nSPS) is 26.1. The van der Waals surface area contributed by atoms with Crippen molar-refractivity contribution in [3.8, 4) is 0 Å². The van der Waals surface area contributed by atoms with Gasteiger partial charge in [-0.05, 0) is 51.0 Å². The molecule has 1 saturated carbocycles. The van der Waals surface area contributed by atoms with Crippen LogP contribution in [-0.4, -0.2) is 25.8 Å². The quantitative estimate of drug-likeness (QED) is 0.543. The molecule has 0 amide bonds. The molecule has 2 unspecified atom stereocenters. The monoisotopic (exact) mass is 241 g/mol. The molecule has 0 bridgehead atoms. The fourth-order valence-electron chi connectivity index (χ4n) is 2.83. The van der Waals surface area contributed by atoms with E-state index in [1.165, 1.54) is 32.1 Å². The van der Waals surface area contributed by atoms with Crippen molar-refractivity contribution in [1.82, 2.24) is 5.32 Å². The molecule has 1 aliphatic rings. The van der Waals surface area contributed by atoms with Gasteiger partial charge in [-0.3, -0.25) is 0 Å². The molecule has 2 nitrogen and oxygen atoms in total. The molecule has 17 heavy (non-hydrogen) atoms. The maximum Gasteiger partial charge on any atom is 0.0477 e. The minimum Gasteiger partial charge on any atom is -0.382 e. The van der Waals surface area contributed by atoms with Crippen LogP contribution in [0.15, 0.2) is 0 Å². The first-order chi connectivity index (χ1) is 8.24. The van der Waals surface area contributed by atoms with E-state index in [9.17, 15) is 0 Å². The van der Waals surface area contributed by atoms with Gasteiger partial charge >= 0.3 is 0 Å². The van der Waals surface area contributed by atoms with Crippen molar-refractivity contribution in [2.75, 3.05) is 19.8 Å². The van der Waals surface area contributed by atoms with E-state index in [0.29, 0.717) is 0 Å². The maximum absolute atomic E-state index is 5.36. The highest BCUT2D eigenvalue weighted by Crippen LogP contribution is 2.28. The molecule has 2 heteroatoms. The molecule has 0 aromatic rings. The molecule has 1 fully saturated rings. The van der Waals surface area contributed by atoms with Gasteiger partial charge in [0.05, 0.1) is 0 Å². The molecule has 1 N–H and O–H groups in total. The summed E-state index contributed by atoms with van der Waals surface area (Å²) in [5.74, 6) is 1.83. The lowest BCUT2D eigenvalue weighted by Crippen LogP contribution is -2.30. The van der Waals surface area contributed by atoms with Gasteiger partial charge in [-0.1, -0.05) is 26.7 Å². The van der Waals surface area contributed by atoms with Gasteiger partial charge < -0.3 is 10.1 Å². The van der Waals surface area contributed by atoms with Crippen molar-refractivity contribution in [3.63, 3.8) is 0 Å². The summed E-state index contributed by atoms with van der Waals surface area (Å²) in [6.45, 7) is 9.69. The molecule has 0 spiro atoms. The maximum atomic E-state index is 5.36. The van der Waals surface area contributed by atoms with E-state index in [2.05, 4.69) is 26.1 Å². The van der Waals surface area contributed by atoms with Crippen LogP contribution in [0, 0.1) is 11.8 Å². The van der Waals surface area contributed by atoms with E-state index in [1.807, 2.05) is 0 Å². The van der Waals surface area contributed by atoms with Crippen LogP contribution in [0.2, 0.25) is 0 Å². The van der Waals surface area contributed by atoms with Crippen LogP contribution in [0.25, 0.3) is 0 Å². The van der Waals surface area contributed by atoms with Crippen molar-refractivity contribution >= 4 is 0 Å². The largest absolute Gasteiger partial charge is 0.382 e. The average molecular weight is 241 g/mol. The molecule has 0 aromatic heterocycles. The molecule has 1 rings (SSSR count). The molecule has 0 aromatic carbocycles. The lowest BCUT2D eigenvalue weighted by Gasteiger charge is -2.19. The molecular formula is C15H31NO. The van der Waals surface area contributed by atoms with Crippen LogP contribution in [-0.2, 0) is 4.74 Å². The van der Waals surface area contributed by atoms with Gasteiger partial charge in [0.25, 0.3) is 0 Å². The van der Waals surface area contributed by atoms with Gasteiger partial charge in [-0.25, -0.2) is 0 Å². The summed E-state index contributed by atoms with van der Waals surface area (Å²) >= 11 is 0. The van der Waals surface area contributed by atoms with Crippen LogP contribution in [0.1, 0.15) is 59.3 Å². The van der Waals surface area contributed by atoms with E-state index in [1.54, 1.807) is 0 Å². The summed E-state index contributed by atoms with van der Waals surface area (Å²) in [7, 11) is 0. The van der Waals surface area contributed by atoms with E-state index < -0.39 is 0 Å². The lowest BCUT2D eigenvalue weighted by atomic mass is 9.89. The first-order valence-corrected chi connectivity index (χ1v) is 7.55. The molecule has 1 aliphatic carbocycles. The van der Waals surface area contributed by atoms with Gasteiger partial charge in [0.2, 0.25) is 0 Å². The fraction of sp³-hybridized carbons (Fsp3) is 1.00. The van der Waals surface area contributed by atoms with Crippen molar-refractivity contribution < 1.29 is 4.74 Å². The average Bonchev–Trinajstić information content (AvgIpc) is 2.54. The second-order valence-electron chi connectivity index (χ2n) is 5.71. The molecule has 102 valence electrons. The zero-order chi connectivity index (χ0) is 12.5. The summed E-state index contributed by atoms with van der Waals surface area (Å²) in [4.78, 5) is 0. The Morgan fingerprint density at radius 2 is 2.00 bits per heavy atom. The Balaban J connectivity index is 2.09. The number of hydrogen-bond acceptors (Lipinski definition) is 2. The highest BCUT2D eigenvalue weighted by molar-refractivity contribution is 4.76.